The summed E-state index contributed by atoms with van der Waals surface area (Å²) in [6.07, 6.45) is 3.55. The molecular formula is C23H28N4O4S2. The Morgan fingerprint density at radius 3 is 2.58 bits per heavy atom. The number of benzene rings is 2. The van der Waals surface area contributed by atoms with E-state index in [1.165, 1.54) is 35.3 Å². The first-order chi connectivity index (χ1) is 15.8. The minimum atomic E-state index is -3.66. The molecule has 1 aromatic heterocycles. The lowest BCUT2D eigenvalue weighted by molar-refractivity contribution is -0.113. The van der Waals surface area contributed by atoms with E-state index in [0.29, 0.717) is 29.7 Å². The SMILES string of the molecule is CCN(CC)S(=O)(=O)c1ccc(OC)c(NC(=O)CSc2nccn2-c2ccccc2C)c1. The predicted molar refractivity (Wildman–Crippen MR) is 131 cm³/mol. The van der Waals surface area contributed by atoms with Crippen molar-refractivity contribution in [3.63, 3.8) is 0 Å². The Morgan fingerprint density at radius 1 is 1.18 bits per heavy atom. The summed E-state index contributed by atoms with van der Waals surface area (Å²) in [5.41, 5.74) is 2.39. The van der Waals surface area contributed by atoms with Gasteiger partial charge in [-0.05, 0) is 36.8 Å². The molecule has 3 rings (SSSR count). The third kappa shape index (κ3) is 5.58. The Hall–Kier alpha value is -2.82. The largest absolute Gasteiger partial charge is 0.495 e. The maximum atomic E-state index is 12.9. The van der Waals surface area contributed by atoms with E-state index < -0.39 is 10.0 Å². The zero-order valence-corrected chi connectivity index (χ0v) is 20.7. The molecular weight excluding hydrogens is 460 g/mol. The van der Waals surface area contributed by atoms with Gasteiger partial charge >= 0.3 is 0 Å². The van der Waals surface area contributed by atoms with Crippen LogP contribution in [0, 0.1) is 6.92 Å². The van der Waals surface area contributed by atoms with E-state index in [1.807, 2.05) is 42.0 Å². The number of thioether (sulfide) groups is 1. The number of ether oxygens (including phenoxy) is 1. The van der Waals surface area contributed by atoms with Crippen molar-refractivity contribution in [1.29, 1.82) is 0 Å². The molecule has 1 N–H and O–H groups in total. The number of carbonyl (C=O) groups is 1. The summed E-state index contributed by atoms with van der Waals surface area (Å²) >= 11 is 1.29. The quantitative estimate of drug-likeness (QED) is 0.435. The van der Waals surface area contributed by atoms with Gasteiger partial charge in [0, 0.05) is 25.5 Å². The fourth-order valence-corrected chi connectivity index (χ4v) is 5.64. The summed E-state index contributed by atoms with van der Waals surface area (Å²) in [6, 6.07) is 12.4. The molecule has 10 heteroatoms. The molecule has 33 heavy (non-hydrogen) atoms. The van der Waals surface area contributed by atoms with Gasteiger partial charge in [0.05, 0.1) is 29.1 Å². The Labute approximate surface area is 199 Å². The van der Waals surface area contributed by atoms with Crippen LogP contribution in [0.5, 0.6) is 5.75 Å². The third-order valence-electron chi connectivity index (χ3n) is 5.10. The van der Waals surface area contributed by atoms with Crippen molar-refractivity contribution < 1.29 is 17.9 Å². The zero-order valence-electron chi connectivity index (χ0n) is 19.1. The van der Waals surface area contributed by atoms with E-state index in [-0.39, 0.29) is 16.6 Å². The van der Waals surface area contributed by atoms with Gasteiger partial charge in [0.25, 0.3) is 0 Å². The smallest absolute Gasteiger partial charge is 0.243 e. The molecule has 2 aromatic carbocycles. The lowest BCUT2D eigenvalue weighted by Gasteiger charge is -2.19. The lowest BCUT2D eigenvalue weighted by atomic mass is 10.2. The third-order valence-corrected chi connectivity index (χ3v) is 8.12. The fourth-order valence-electron chi connectivity index (χ4n) is 3.39. The maximum absolute atomic E-state index is 12.9. The molecule has 8 nitrogen and oxygen atoms in total. The number of nitrogens with zero attached hydrogens (tertiary/aromatic N) is 3. The van der Waals surface area contributed by atoms with Crippen LogP contribution in [0.15, 0.2) is 64.9 Å². The van der Waals surface area contributed by atoms with E-state index in [2.05, 4.69) is 10.3 Å². The van der Waals surface area contributed by atoms with Gasteiger partial charge in [-0.25, -0.2) is 13.4 Å². The van der Waals surface area contributed by atoms with Gasteiger partial charge in [0.1, 0.15) is 5.75 Å². The first-order valence-electron chi connectivity index (χ1n) is 10.5. The number of anilines is 1. The highest BCUT2D eigenvalue weighted by atomic mass is 32.2. The summed E-state index contributed by atoms with van der Waals surface area (Å²) in [4.78, 5) is 17.2. The lowest BCUT2D eigenvalue weighted by Crippen LogP contribution is -2.30. The molecule has 0 saturated carbocycles. The van der Waals surface area contributed by atoms with Gasteiger partial charge < -0.3 is 10.1 Å². The van der Waals surface area contributed by atoms with Crippen LogP contribution in [0.2, 0.25) is 0 Å². The Morgan fingerprint density at radius 2 is 1.91 bits per heavy atom. The monoisotopic (exact) mass is 488 g/mol. The molecule has 1 amide bonds. The maximum Gasteiger partial charge on any atom is 0.243 e. The molecule has 0 atom stereocenters. The molecule has 0 unspecified atom stereocenters. The number of aryl methyl sites for hydroxylation is 1. The molecule has 0 aliphatic heterocycles. The average molecular weight is 489 g/mol. The van der Waals surface area contributed by atoms with Gasteiger partial charge in [-0.3, -0.25) is 9.36 Å². The first kappa shape index (κ1) is 24.8. The van der Waals surface area contributed by atoms with Crippen LogP contribution in [0.3, 0.4) is 0 Å². The van der Waals surface area contributed by atoms with E-state index in [0.717, 1.165) is 11.3 Å². The topological polar surface area (TPSA) is 93.5 Å². The highest BCUT2D eigenvalue weighted by Gasteiger charge is 2.23. The van der Waals surface area contributed by atoms with Gasteiger partial charge in [0.2, 0.25) is 15.9 Å². The fraction of sp³-hybridized carbons (Fsp3) is 0.304. The van der Waals surface area contributed by atoms with Crippen LogP contribution < -0.4 is 10.1 Å². The van der Waals surface area contributed by atoms with Crippen molar-refractivity contribution in [3.8, 4) is 11.4 Å². The number of rotatable bonds is 10. The van der Waals surface area contributed by atoms with Gasteiger partial charge in [-0.15, -0.1) is 0 Å². The van der Waals surface area contributed by atoms with Crippen molar-refractivity contribution in [2.24, 2.45) is 0 Å². The highest BCUT2D eigenvalue weighted by Crippen LogP contribution is 2.29. The summed E-state index contributed by atoms with van der Waals surface area (Å²) in [5, 5.41) is 3.46. The number of carbonyl (C=O) groups excluding carboxylic acids is 1. The van der Waals surface area contributed by atoms with Crippen molar-refractivity contribution in [3.05, 3.63) is 60.4 Å². The molecule has 0 aliphatic carbocycles. The van der Waals surface area contributed by atoms with Crippen LogP contribution in [-0.2, 0) is 14.8 Å². The minimum absolute atomic E-state index is 0.0963. The standard InChI is InChI=1S/C23H28N4O4S2/c1-5-26(6-2)33(29,30)18-11-12-21(31-4)19(15-18)25-22(28)16-32-23-24-13-14-27(23)20-10-8-7-9-17(20)3/h7-15H,5-6,16H2,1-4H3,(H,25,28). The molecule has 0 radical (unpaired) electrons. The summed E-state index contributed by atoms with van der Waals surface area (Å²) in [7, 11) is -2.20. The number of imidazole rings is 1. The number of nitrogens with one attached hydrogen (secondary N) is 1. The van der Waals surface area contributed by atoms with E-state index in [1.54, 1.807) is 26.1 Å². The normalized spacial score (nSPS) is 11.5. The summed E-state index contributed by atoms with van der Waals surface area (Å²) < 4.78 is 34.4. The van der Waals surface area contributed by atoms with Crippen molar-refractivity contribution in [2.75, 3.05) is 31.3 Å². The number of para-hydroxylation sites is 1. The van der Waals surface area contributed by atoms with Gasteiger partial charge in [-0.1, -0.05) is 43.8 Å². The van der Waals surface area contributed by atoms with Crippen molar-refractivity contribution >= 4 is 33.4 Å². The predicted octanol–water partition coefficient (Wildman–Crippen LogP) is 3.95. The molecule has 0 aliphatic rings. The number of methoxy groups -OCH3 is 1. The van der Waals surface area contributed by atoms with Crippen LogP contribution in [0.1, 0.15) is 19.4 Å². The van der Waals surface area contributed by atoms with Gasteiger partial charge in [-0.2, -0.15) is 4.31 Å². The summed E-state index contributed by atoms with van der Waals surface area (Å²) in [6.45, 7) is 6.30. The summed E-state index contributed by atoms with van der Waals surface area (Å²) in [5.74, 6) is 0.183. The first-order valence-corrected chi connectivity index (χ1v) is 12.9. The van der Waals surface area contributed by atoms with E-state index >= 15 is 0 Å². The van der Waals surface area contributed by atoms with Crippen LogP contribution >= 0.6 is 11.8 Å². The molecule has 0 bridgehead atoms. The van der Waals surface area contributed by atoms with Crippen LogP contribution in [0.25, 0.3) is 5.69 Å². The average Bonchev–Trinajstić information content (AvgIpc) is 3.27. The van der Waals surface area contributed by atoms with Crippen LogP contribution in [-0.4, -0.2) is 54.1 Å². The Kier molecular flexibility index (Phi) is 8.17. The molecule has 3 aromatic rings. The molecule has 0 spiro atoms. The van der Waals surface area contributed by atoms with Crippen molar-refractivity contribution in [2.45, 2.75) is 30.8 Å². The number of sulfonamides is 1. The molecule has 1 heterocycles. The number of aromatic nitrogens is 2. The Balaban J connectivity index is 1.76. The zero-order chi connectivity index (χ0) is 24.0. The van der Waals surface area contributed by atoms with Crippen LogP contribution in [0.4, 0.5) is 5.69 Å². The number of amides is 1. The number of hydrogen-bond acceptors (Lipinski definition) is 6. The molecule has 0 fully saturated rings. The van der Waals surface area contributed by atoms with Crippen molar-refractivity contribution in [1.82, 2.24) is 13.9 Å². The second-order valence-electron chi connectivity index (χ2n) is 7.15. The second kappa shape index (κ2) is 10.9. The number of hydrogen-bond donors (Lipinski definition) is 1. The molecule has 176 valence electrons. The molecule has 0 saturated heterocycles. The highest BCUT2D eigenvalue weighted by molar-refractivity contribution is 7.99. The van der Waals surface area contributed by atoms with Gasteiger partial charge in [0.15, 0.2) is 5.16 Å². The van der Waals surface area contributed by atoms with E-state index in [4.69, 9.17) is 4.74 Å². The second-order valence-corrected chi connectivity index (χ2v) is 10.0. The Bertz CT molecular complexity index is 1220. The minimum Gasteiger partial charge on any atom is -0.495 e. The van der Waals surface area contributed by atoms with E-state index in [9.17, 15) is 13.2 Å².